The second kappa shape index (κ2) is 6.53. The van der Waals surface area contributed by atoms with Crippen LogP contribution in [0.5, 0.6) is 0 Å². The van der Waals surface area contributed by atoms with Crippen LogP contribution in [-0.2, 0) is 13.2 Å². The van der Waals surface area contributed by atoms with E-state index in [0.29, 0.717) is 6.67 Å². The molecular weight excluding hydrogens is 340 g/mol. The summed E-state index contributed by atoms with van der Waals surface area (Å²) in [4.78, 5) is 6.84. The number of aromatic nitrogens is 3. The first kappa shape index (κ1) is 15.1. The van der Waals surface area contributed by atoms with E-state index in [-0.39, 0.29) is 0 Å². The monoisotopic (exact) mass is 354 g/mol. The van der Waals surface area contributed by atoms with Gasteiger partial charge in [0.2, 0.25) is 0 Å². The zero-order valence-electron chi connectivity index (χ0n) is 11.6. The Bertz CT molecular complexity index is 771. The molecule has 3 rings (SSSR count). The summed E-state index contributed by atoms with van der Waals surface area (Å²) in [5, 5.41) is 5.60. The van der Waals surface area contributed by atoms with E-state index < -0.39 is 0 Å². The highest BCUT2D eigenvalue weighted by Crippen LogP contribution is 2.23. The predicted molar refractivity (Wildman–Crippen MR) is 93.8 cm³/mol. The highest BCUT2D eigenvalue weighted by molar-refractivity contribution is 8.00. The SMILES string of the molecule is CSc1nn(CN(C)Cc2nc3ccccc3s2)c(=S)s1. The van der Waals surface area contributed by atoms with E-state index in [4.69, 9.17) is 12.2 Å². The van der Waals surface area contributed by atoms with Crippen LogP contribution in [0.25, 0.3) is 10.2 Å². The van der Waals surface area contributed by atoms with Crippen molar-refractivity contribution in [3.8, 4) is 0 Å². The highest BCUT2D eigenvalue weighted by atomic mass is 32.2. The van der Waals surface area contributed by atoms with Crippen LogP contribution in [0.1, 0.15) is 5.01 Å². The Kier molecular flexibility index (Phi) is 4.70. The quantitative estimate of drug-likeness (QED) is 0.509. The lowest BCUT2D eigenvalue weighted by Crippen LogP contribution is -2.22. The standard InChI is InChI=1S/C13H14N4S4/c1-16(8-17-13(18)21-12(15-17)19-2)7-11-14-9-5-3-4-6-10(9)20-11/h3-6H,7-8H2,1-2H3. The minimum Gasteiger partial charge on any atom is -0.281 e. The Labute approximate surface area is 140 Å². The van der Waals surface area contributed by atoms with Crippen LogP contribution in [0.15, 0.2) is 28.6 Å². The van der Waals surface area contributed by atoms with E-state index in [1.807, 2.05) is 23.1 Å². The lowest BCUT2D eigenvalue weighted by atomic mass is 10.3. The number of thiazole rings is 1. The molecule has 4 nitrogen and oxygen atoms in total. The Hall–Kier alpha value is -0.800. The van der Waals surface area contributed by atoms with E-state index in [1.165, 1.54) is 4.70 Å². The number of rotatable bonds is 5. The molecule has 0 radical (unpaired) electrons. The third-order valence-electron chi connectivity index (χ3n) is 2.88. The van der Waals surface area contributed by atoms with E-state index in [2.05, 4.69) is 34.2 Å². The van der Waals surface area contributed by atoms with Crippen molar-refractivity contribution in [2.45, 2.75) is 17.6 Å². The number of hydrogen-bond acceptors (Lipinski definition) is 7. The lowest BCUT2D eigenvalue weighted by molar-refractivity contribution is 0.243. The molecule has 2 aromatic heterocycles. The van der Waals surface area contributed by atoms with Gasteiger partial charge >= 0.3 is 0 Å². The molecule has 0 bridgehead atoms. The van der Waals surface area contributed by atoms with E-state index >= 15 is 0 Å². The Morgan fingerprint density at radius 1 is 1.33 bits per heavy atom. The summed E-state index contributed by atoms with van der Waals surface area (Å²) in [5.74, 6) is 0. The first-order chi connectivity index (χ1) is 10.2. The summed E-state index contributed by atoms with van der Waals surface area (Å²) in [6.45, 7) is 1.49. The molecule has 0 aliphatic carbocycles. The van der Waals surface area contributed by atoms with Gasteiger partial charge in [0.05, 0.1) is 23.4 Å². The van der Waals surface area contributed by atoms with Gasteiger partial charge in [-0.3, -0.25) is 4.90 Å². The summed E-state index contributed by atoms with van der Waals surface area (Å²) in [6, 6.07) is 8.23. The van der Waals surface area contributed by atoms with Crippen molar-refractivity contribution in [3.05, 3.63) is 33.2 Å². The van der Waals surface area contributed by atoms with Crippen LogP contribution in [0.4, 0.5) is 0 Å². The molecule has 0 atom stereocenters. The van der Waals surface area contributed by atoms with Gasteiger partial charge < -0.3 is 0 Å². The summed E-state index contributed by atoms with van der Waals surface area (Å²) in [7, 11) is 2.06. The van der Waals surface area contributed by atoms with Gasteiger partial charge in [0.15, 0.2) is 8.29 Å². The van der Waals surface area contributed by atoms with Gasteiger partial charge in [-0.05, 0) is 37.7 Å². The van der Waals surface area contributed by atoms with Crippen molar-refractivity contribution in [3.63, 3.8) is 0 Å². The lowest BCUT2D eigenvalue weighted by Gasteiger charge is -2.14. The fourth-order valence-corrected chi connectivity index (χ4v) is 4.74. The Balaban J connectivity index is 1.72. The molecule has 0 aliphatic heterocycles. The Morgan fingerprint density at radius 3 is 2.86 bits per heavy atom. The van der Waals surface area contributed by atoms with E-state index in [1.54, 1.807) is 34.4 Å². The zero-order chi connectivity index (χ0) is 14.8. The predicted octanol–water partition coefficient (Wildman–Crippen LogP) is 4.10. The molecule has 0 saturated heterocycles. The average molecular weight is 355 g/mol. The number of benzene rings is 1. The van der Waals surface area contributed by atoms with Crippen LogP contribution in [0, 0.1) is 3.95 Å². The molecule has 21 heavy (non-hydrogen) atoms. The highest BCUT2D eigenvalue weighted by Gasteiger charge is 2.09. The smallest absolute Gasteiger partial charge is 0.181 e. The third-order valence-corrected chi connectivity index (χ3v) is 6.19. The topological polar surface area (TPSA) is 34.0 Å². The molecule has 3 aromatic rings. The van der Waals surface area contributed by atoms with Crippen molar-refractivity contribution in [2.75, 3.05) is 13.3 Å². The first-order valence-electron chi connectivity index (χ1n) is 6.30. The molecule has 8 heteroatoms. The van der Waals surface area contributed by atoms with Crippen LogP contribution in [0.2, 0.25) is 0 Å². The number of nitrogens with zero attached hydrogens (tertiary/aromatic N) is 4. The number of hydrogen-bond donors (Lipinski definition) is 0. The number of fused-ring (bicyclic) bond motifs is 1. The fourth-order valence-electron chi connectivity index (χ4n) is 1.96. The number of thioether (sulfide) groups is 1. The Morgan fingerprint density at radius 2 is 2.14 bits per heavy atom. The molecule has 2 heterocycles. The molecule has 0 fully saturated rings. The maximum atomic E-state index is 5.34. The normalized spacial score (nSPS) is 11.6. The molecule has 0 N–H and O–H groups in total. The van der Waals surface area contributed by atoms with Gasteiger partial charge in [-0.15, -0.1) is 11.3 Å². The first-order valence-corrected chi connectivity index (χ1v) is 9.57. The van der Waals surface area contributed by atoms with Crippen molar-refractivity contribution in [2.24, 2.45) is 0 Å². The van der Waals surface area contributed by atoms with Crippen LogP contribution < -0.4 is 0 Å². The minimum absolute atomic E-state index is 0.686. The van der Waals surface area contributed by atoms with Crippen LogP contribution >= 0.6 is 46.7 Å². The summed E-state index contributed by atoms with van der Waals surface area (Å²) in [5.41, 5.74) is 1.07. The molecule has 0 aliphatic rings. The van der Waals surface area contributed by atoms with Crippen molar-refractivity contribution in [1.82, 2.24) is 19.7 Å². The second-order valence-electron chi connectivity index (χ2n) is 4.57. The zero-order valence-corrected chi connectivity index (χ0v) is 14.9. The van der Waals surface area contributed by atoms with Crippen LogP contribution in [-0.4, -0.2) is 33.0 Å². The summed E-state index contributed by atoms with van der Waals surface area (Å²) >= 11 is 10.3. The van der Waals surface area contributed by atoms with Gasteiger partial charge in [0, 0.05) is 0 Å². The van der Waals surface area contributed by atoms with Gasteiger partial charge in [0.25, 0.3) is 0 Å². The molecule has 1 aromatic carbocycles. The van der Waals surface area contributed by atoms with Gasteiger partial charge in [-0.2, -0.15) is 5.10 Å². The van der Waals surface area contributed by atoms with Gasteiger partial charge in [-0.25, -0.2) is 9.67 Å². The average Bonchev–Trinajstić information content (AvgIpc) is 3.02. The molecule has 0 saturated carbocycles. The molecule has 110 valence electrons. The molecule has 0 spiro atoms. The largest absolute Gasteiger partial charge is 0.281 e. The fraction of sp³-hybridized carbons (Fsp3) is 0.308. The summed E-state index contributed by atoms with van der Waals surface area (Å²) < 4.78 is 4.93. The summed E-state index contributed by atoms with van der Waals surface area (Å²) in [6.07, 6.45) is 2.02. The van der Waals surface area contributed by atoms with Gasteiger partial charge in [0.1, 0.15) is 5.01 Å². The third kappa shape index (κ3) is 3.51. The van der Waals surface area contributed by atoms with E-state index in [9.17, 15) is 0 Å². The maximum Gasteiger partial charge on any atom is 0.181 e. The molecular formula is C13H14N4S4. The molecule has 0 unspecified atom stereocenters. The minimum atomic E-state index is 0.686. The van der Waals surface area contributed by atoms with Crippen LogP contribution in [0.3, 0.4) is 0 Å². The van der Waals surface area contributed by atoms with Crippen molar-refractivity contribution >= 4 is 56.9 Å². The van der Waals surface area contributed by atoms with Crippen molar-refractivity contribution in [1.29, 1.82) is 0 Å². The van der Waals surface area contributed by atoms with Gasteiger partial charge in [-0.1, -0.05) is 35.2 Å². The van der Waals surface area contributed by atoms with Crippen molar-refractivity contribution < 1.29 is 0 Å². The molecule has 0 amide bonds. The maximum absolute atomic E-state index is 5.34. The second-order valence-corrected chi connectivity index (χ2v) is 8.36. The number of para-hydroxylation sites is 1. The van der Waals surface area contributed by atoms with E-state index in [0.717, 1.165) is 25.4 Å².